The molecule has 6 heteroatoms. The number of hydrogen-bond donors (Lipinski definition) is 4. The Hall–Kier alpha value is -2.08. The number of carbonyl (C=O) groups is 2. The molecule has 0 aliphatic heterocycles. The number of benzene rings is 1. The van der Waals surface area contributed by atoms with Gasteiger partial charge in [0.2, 0.25) is 5.91 Å². The van der Waals surface area contributed by atoms with Crippen molar-refractivity contribution in [3.63, 3.8) is 0 Å². The minimum Gasteiger partial charge on any atom is -0.507 e. The highest BCUT2D eigenvalue weighted by atomic mass is 16.4. The molecule has 6 nitrogen and oxygen atoms in total. The average molecular weight is 250 g/mol. The zero-order valence-electron chi connectivity index (χ0n) is 9.64. The monoisotopic (exact) mass is 250 g/mol. The van der Waals surface area contributed by atoms with Crippen LogP contribution in [0.3, 0.4) is 0 Å². The summed E-state index contributed by atoms with van der Waals surface area (Å²) in [5.41, 5.74) is 0.184. The first-order chi connectivity index (χ1) is 8.56. The van der Waals surface area contributed by atoms with Crippen molar-refractivity contribution in [3.8, 4) is 5.75 Å². The highest BCUT2D eigenvalue weighted by Gasteiger charge is 2.21. The van der Waals surface area contributed by atoms with E-state index in [1.54, 1.807) is 0 Å². The maximum Gasteiger partial charge on any atom is 0.339 e. The average Bonchev–Trinajstić information content (AvgIpc) is 3.09. The maximum atomic E-state index is 11.5. The van der Waals surface area contributed by atoms with Crippen LogP contribution in [-0.4, -0.2) is 34.7 Å². The van der Waals surface area contributed by atoms with Crippen LogP contribution in [0.2, 0.25) is 0 Å². The van der Waals surface area contributed by atoms with Crippen LogP contribution in [-0.2, 0) is 4.79 Å². The van der Waals surface area contributed by atoms with Gasteiger partial charge in [0.15, 0.2) is 0 Å². The van der Waals surface area contributed by atoms with Crippen LogP contribution < -0.4 is 10.6 Å². The molecule has 0 aromatic heterocycles. The minimum atomic E-state index is -1.21. The summed E-state index contributed by atoms with van der Waals surface area (Å²) in [5.74, 6) is -1.79. The van der Waals surface area contributed by atoms with Gasteiger partial charge in [-0.2, -0.15) is 0 Å². The number of nitrogens with one attached hydrogen (secondary N) is 2. The molecule has 1 aliphatic carbocycles. The van der Waals surface area contributed by atoms with Crippen molar-refractivity contribution in [1.29, 1.82) is 0 Å². The number of phenols is 1. The summed E-state index contributed by atoms with van der Waals surface area (Å²) in [7, 11) is 0. The molecule has 0 saturated heterocycles. The Kier molecular flexibility index (Phi) is 3.47. The third kappa shape index (κ3) is 3.21. The first-order valence-electron chi connectivity index (χ1n) is 5.66. The number of carboxylic acids is 1. The SMILES string of the molecule is O=C(CNC1CC1)Nc1ccc(C(=O)O)c(O)c1. The van der Waals surface area contributed by atoms with Crippen LogP contribution in [0.1, 0.15) is 23.2 Å². The zero-order chi connectivity index (χ0) is 13.1. The van der Waals surface area contributed by atoms with E-state index in [1.165, 1.54) is 18.2 Å². The van der Waals surface area contributed by atoms with Crippen molar-refractivity contribution in [3.05, 3.63) is 23.8 Å². The van der Waals surface area contributed by atoms with Gasteiger partial charge >= 0.3 is 5.97 Å². The molecule has 18 heavy (non-hydrogen) atoms. The van der Waals surface area contributed by atoms with E-state index < -0.39 is 5.97 Å². The van der Waals surface area contributed by atoms with E-state index in [0.717, 1.165) is 12.8 Å². The van der Waals surface area contributed by atoms with E-state index in [9.17, 15) is 14.7 Å². The fourth-order valence-corrected chi connectivity index (χ4v) is 1.52. The van der Waals surface area contributed by atoms with Gasteiger partial charge in [-0.05, 0) is 25.0 Å². The third-order valence-electron chi connectivity index (χ3n) is 2.64. The molecule has 4 N–H and O–H groups in total. The molecule has 0 radical (unpaired) electrons. The van der Waals surface area contributed by atoms with E-state index in [-0.39, 0.29) is 23.8 Å². The topological polar surface area (TPSA) is 98.7 Å². The van der Waals surface area contributed by atoms with Crippen molar-refractivity contribution in [1.82, 2.24) is 5.32 Å². The fourth-order valence-electron chi connectivity index (χ4n) is 1.52. The highest BCUT2D eigenvalue weighted by molar-refractivity contribution is 5.95. The van der Waals surface area contributed by atoms with Crippen LogP contribution in [0, 0.1) is 0 Å². The lowest BCUT2D eigenvalue weighted by atomic mass is 10.2. The van der Waals surface area contributed by atoms with Crippen LogP contribution in [0.5, 0.6) is 5.75 Å². The molecule has 1 saturated carbocycles. The van der Waals surface area contributed by atoms with E-state index in [0.29, 0.717) is 11.7 Å². The summed E-state index contributed by atoms with van der Waals surface area (Å²) in [5, 5.41) is 23.8. The van der Waals surface area contributed by atoms with E-state index in [4.69, 9.17) is 5.11 Å². The molecule has 0 heterocycles. The van der Waals surface area contributed by atoms with Gasteiger partial charge in [0.1, 0.15) is 11.3 Å². The quantitative estimate of drug-likeness (QED) is 0.619. The van der Waals surface area contributed by atoms with Crippen molar-refractivity contribution >= 4 is 17.6 Å². The number of aromatic hydroxyl groups is 1. The molecule has 0 unspecified atom stereocenters. The number of hydrogen-bond acceptors (Lipinski definition) is 4. The summed E-state index contributed by atoms with van der Waals surface area (Å²) in [4.78, 5) is 22.2. The smallest absolute Gasteiger partial charge is 0.339 e. The normalized spacial score (nSPS) is 14.2. The third-order valence-corrected chi connectivity index (χ3v) is 2.64. The Morgan fingerprint density at radius 3 is 2.61 bits per heavy atom. The molecular formula is C12H14N2O4. The number of rotatable bonds is 5. The molecule has 1 aromatic carbocycles. The molecule has 1 aromatic rings. The lowest BCUT2D eigenvalue weighted by Crippen LogP contribution is -2.29. The number of anilines is 1. The van der Waals surface area contributed by atoms with E-state index in [2.05, 4.69) is 10.6 Å². The first kappa shape index (κ1) is 12.4. The van der Waals surface area contributed by atoms with Crippen LogP contribution >= 0.6 is 0 Å². The molecule has 0 spiro atoms. The van der Waals surface area contributed by atoms with E-state index in [1.807, 2.05) is 0 Å². The van der Waals surface area contributed by atoms with Gasteiger partial charge in [-0.3, -0.25) is 4.79 Å². The van der Waals surface area contributed by atoms with E-state index >= 15 is 0 Å². The summed E-state index contributed by atoms with van der Waals surface area (Å²) in [6, 6.07) is 4.36. The Labute approximate surface area is 104 Å². The molecule has 2 rings (SSSR count). The Balaban J connectivity index is 1.94. The van der Waals surface area contributed by atoms with Gasteiger partial charge in [-0.1, -0.05) is 0 Å². The predicted octanol–water partition coefficient (Wildman–Crippen LogP) is 0.781. The zero-order valence-corrected chi connectivity index (χ0v) is 9.64. The van der Waals surface area contributed by atoms with Crippen molar-refractivity contribution in [2.75, 3.05) is 11.9 Å². The Morgan fingerprint density at radius 2 is 2.06 bits per heavy atom. The summed E-state index contributed by atoms with van der Waals surface area (Å²) in [6.45, 7) is 0.214. The van der Waals surface area contributed by atoms with Gasteiger partial charge in [-0.15, -0.1) is 0 Å². The first-order valence-corrected chi connectivity index (χ1v) is 5.66. The lowest BCUT2D eigenvalue weighted by molar-refractivity contribution is -0.115. The number of amides is 1. The second-order valence-corrected chi connectivity index (χ2v) is 4.24. The summed E-state index contributed by atoms with van der Waals surface area (Å²) in [6.07, 6.45) is 2.20. The fraction of sp³-hybridized carbons (Fsp3) is 0.333. The van der Waals surface area contributed by atoms with Crippen molar-refractivity contribution < 1.29 is 19.8 Å². The second kappa shape index (κ2) is 5.05. The number of aromatic carboxylic acids is 1. The van der Waals surface area contributed by atoms with Crippen LogP contribution in [0.4, 0.5) is 5.69 Å². The van der Waals surface area contributed by atoms with Crippen molar-refractivity contribution in [2.24, 2.45) is 0 Å². The Morgan fingerprint density at radius 1 is 1.33 bits per heavy atom. The van der Waals surface area contributed by atoms with Gasteiger partial charge < -0.3 is 20.8 Å². The molecule has 1 aliphatic rings. The molecule has 1 fully saturated rings. The summed E-state index contributed by atoms with van der Waals surface area (Å²) >= 11 is 0. The van der Waals surface area contributed by atoms with Crippen LogP contribution in [0.25, 0.3) is 0 Å². The molecule has 0 bridgehead atoms. The van der Waals surface area contributed by atoms with Crippen molar-refractivity contribution in [2.45, 2.75) is 18.9 Å². The Bertz CT molecular complexity index is 483. The largest absolute Gasteiger partial charge is 0.507 e. The maximum absolute atomic E-state index is 11.5. The highest BCUT2D eigenvalue weighted by Crippen LogP contribution is 2.22. The second-order valence-electron chi connectivity index (χ2n) is 4.24. The number of carboxylic acid groups (broad SMARTS) is 1. The molecule has 0 atom stereocenters. The molecule has 1 amide bonds. The van der Waals surface area contributed by atoms with Gasteiger partial charge in [0, 0.05) is 17.8 Å². The van der Waals surface area contributed by atoms with Crippen LogP contribution in [0.15, 0.2) is 18.2 Å². The minimum absolute atomic E-state index is 0.191. The van der Waals surface area contributed by atoms with Gasteiger partial charge in [0.25, 0.3) is 0 Å². The standard InChI is InChI=1S/C12H14N2O4/c15-10-5-8(3-4-9(10)12(17)18)14-11(16)6-13-7-1-2-7/h3-5,7,13,15H,1-2,6H2,(H,14,16)(H,17,18). The molecular weight excluding hydrogens is 236 g/mol. The van der Waals surface area contributed by atoms with Gasteiger partial charge in [0.05, 0.1) is 6.54 Å². The molecule has 96 valence electrons. The van der Waals surface area contributed by atoms with Gasteiger partial charge in [-0.25, -0.2) is 4.79 Å². The lowest BCUT2D eigenvalue weighted by Gasteiger charge is -2.07. The number of carbonyl (C=O) groups excluding carboxylic acids is 1. The predicted molar refractivity (Wildman–Crippen MR) is 64.7 cm³/mol. The summed E-state index contributed by atoms with van der Waals surface area (Å²) < 4.78 is 0.